The first-order valence-corrected chi connectivity index (χ1v) is 5.86. The molecular formula is C11H17BrN2. The highest BCUT2D eigenvalue weighted by atomic mass is 79.9. The lowest BCUT2D eigenvalue weighted by Gasteiger charge is -2.14. The maximum Gasteiger partial charge on any atom is 0.0573 e. The molecule has 0 fully saturated rings. The molecule has 1 atom stereocenters. The van der Waals surface area contributed by atoms with E-state index >= 15 is 0 Å². The van der Waals surface area contributed by atoms with Crippen molar-refractivity contribution in [2.24, 2.45) is 0 Å². The van der Waals surface area contributed by atoms with E-state index in [9.17, 15) is 0 Å². The van der Waals surface area contributed by atoms with Gasteiger partial charge in [0.2, 0.25) is 0 Å². The van der Waals surface area contributed by atoms with Crippen LogP contribution in [0.15, 0.2) is 22.8 Å². The van der Waals surface area contributed by atoms with Gasteiger partial charge in [-0.2, -0.15) is 0 Å². The van der Waals surface area contributed by atoms with Crippen LogP contribution >= 0.6 is 15.9 Å². The standard InChI is InChI=1S/C11H17BrN2/c1-3-4-5-10(13-2)11-7-6-9(12)8-14-11/h6-8,10,13H,3-5H2,1-2H3. The zero-order valence-corrected chi connectivity index (χ0v) is 10.3. The van der Waals surface area contributed by atoms with Gasteiger partial charge in [0.15, 0.2) is 0 Å². The van der Waals surface area contributed by atoms with Gasteiger partial charge < -0.3 is 5.32 Å². The highest BCUT2D eigenvalue weighted by Gasteiger charge is 2.08. The van der Waals surface area contributed by atoms with Crippen LogP contribution in [0.4, 0.5) is 0 Å². The summed E-state index contributed by atoms with van der Waals surface area (Å²) in [7, 11) is 1.99. The van der Waals surface area contributed by atoms with Crippen molar-refractivity contribution in [3.8, 4) is 0 Å². The molecule has 1 aromatic rings. The summed E-state index contributed by atoms with van der Waals surface area (Å²) in [6, 6.07) is 4.50. The molecule has 0 aliphatic heterocycles. The second-order valence-corrected chi connectivity index (χ2v) is 4.30. The van der Waals surface area contributed by atoms with Gasteiger partial charge in [-0.3, -0.25) is 4.98 Å². The molecule has 78 valence electrons. The molecule has 1 heterocycles. The minimum absolute atomic E-state index is 0.392. The Kier molecular flexibility index (Phi) is 5.12. The molecule has 0 aromatic carbocycles. The number of hydrogen-bond acceptors (Lipinski definition) is 2. The van der Waals surface area contributed by atoms with Gasteiger partial charge in [0.1, 0.15) is 0 Å². The number of rotatable bonds is 5. The fourth-order valence-electron chi connectivity index (χ4n) is 1.44. The molecule has 0 aliphatic carbocycles. The Labute approximate surface area is 94.3 Å². The molecule has 0 amide bonds. The van der Waals surface area contributed by atoms with Crippen LogP contribution in [-0.4, -0.2) is 12.0 Å². The van der Waals surface area contributed by atoms with Gasteiger partial charge in [-0.15, -0.1) is 0 Å². The van der Waals surface area contributed by atoms with E-state index in [1.165, 1.54) is 12.8 Å². The maximum atomic E-state index is 4.39. The van der Waals surface area contributed by atoms with Crippen LogP contribution in [-0.2, 0) is 0 Å². The van der Waals surface area contributed by atoms with E-state index in [-0.39, 0.29) is 0 Å². The Bertz CT molecular complexity index is 258. The van der Waals surface area contributed by atoms with Gasteiger partial charge in [0.05, 0.1) is 5.69 Å². The molecule has 1 unspecified atom stereocenters. The summed E-state index contributed by atoms with van der Waals surface area (Å²) in [5.41, 5.74) is 1.13. The average molecular weight is 257 g/mol. The number of unbranched alkanes of at least 4 members (excludes halogenated alkanes) is 1. The third-order valence-corrected chi connectivity index (χ3v) is 2.77. The highest BCUT2D eigenvalue weighted by Crippen LogP contribution is 2.18. The predicted octanol–water partition coefficient (Wildman–Crippen LogP) is 3.29. The van der Waals surface area contributed by atoms with Gasteiger partial charge in [-0.25, -0.2) is 0 Å². The normalized spacial score (nSPS) is 12.8. The first-order valence-electron chi connectivity index (χ1n) is 5.06. The molecule has 0 saturated carbocycles. The molecule has 1 aromatic heterocycles. The van der Waals surface area contributed by atoms with Crippen LogP contribution in [0.25, 0.3) is 0 Å². The quantitative estimate of drug-likeness (QED) is 0.875. The summed E-state index contributed by atoms with van der Waals surface area (Å²) in [4.78, 5) is 4.39. The summed E-state index contributed by atoms with van der Waals surface area (Å²) in [5.74, 6) is 0. The molecule has 0 radical (unpaired) electrons. The summed E-state index contributed by atoms with van der Waals surface area (Å²) in [6.07, 6.45) is 5.48. The van der Waals surface area contributed by atoms with Crippen LogP contribution in [0.5, 0.6) is 0 Å². The molecule has 1 N–H and O–H groups in total. The highest BCUT2D eigenvalue weighted by molar-refractivity contribution is 9.10. The fourth-order valence-corrected chi connectivity index (χ4v) is 1.68. The number of aromatic nitrogens is 1. The minimum atomic E-state index is 0.392. The third kappa shape index (κ3) is 3.39. The second kappa shape index (κ2) is 6.14. The van der Waals surface area contributed by atoms with E-state index in [0.717, 1.165) is 16.6 Å². The smallest absolute Gasteiger partial charge is 0.0573 e. The van der Waals surface area contributed by atoms with Crippen molar-refractivity contribution in [2.45, 2.75) is 32.2 Å². The number of pyridine rings is 1. The first kappa shape index (κ1) is 11.7. The second-order valence-electron chi connectivity index (χ2n) is 3.38. The summed E-state index contributed by atoms with van der Waals surface area (Å²) >= 11 is 3.39. The number of nitrogens with zero attached hydrogens (tertiary/aromatic N) is 1. The molecule has 0 saturated heterocycles. The molecular weight excluding hydrogens is 240 g/mol. The Hall–Kier alpha value is -0.410. The lowest BCUT2D eigenvalue weighted by atomic mass is 10.1. The Balaban J connectivity index is 2.64. The SMILES string of the molecule is CCCCC(NC)c1ccc(Br)cn1. The number of hydrogen-bond donors (Lipinski definition) is 1. The summed E-state index contributed by atoms with van der Waals surface area (Å²) in [5, 5.41) is 3.29. The molecule has 0 spiro atoms. The maximum absolute atomic E-state index is 4.39. The predicted molar refractivity (Wildman–Crippen MR) is 63.3 cm³/mol. The lowest BCUT2D eigenvalue weighted by Crippen LogP contribution is -2.17. The van der Waals surface area contributed by atoms with Crippen molar-refractivity contribution in [1.82, 2.24) is 10.3 Å². The van der Waals surface area contributed by atoms with Crippen molar-refractivity contribution < 1.29 is 0 Å². The minimum Gasteiger partial charge on any atom is -0.312 e. The van der Waals surface area contributed by atoms with Crippen LogP contribution in [0, 0.1) is 0 Å². The lowest BCUT2D eigenvalue weighted by molar-refractivity contribution is 0.511. The van der Waals surface area contributed by atoms with Gasteiger partial charge in [0, 0.05) is 16.7 Å². The van der Waals surface area contributed by atoms with Crippen LogP contribution in [0.1, 0.15) is 37.9 Å². The van der Waals surface area contributed by atoms with Crippen LogP contribution in [0.3, 0.4) is 0 Å². The molecule has 3 heteroatoms. The zero-order chi connectivity index (χ0) is 10.4. The first-order chi connectivity index (χ1) is 6.77. The monoisotopic (exact) mass is 256 g/mol. The number of nitrogens with one attached hydrogen (secondary N) is 1. The van der Waals surface area contributed by atoms with Crippen LogP contribution < -0.4 is 5.32 Å². The molecule has 0 aliphatic rings. The Morgan fingerprint density at radius 3 is 2.79 bits per heavy atom. The molecule has 0 bridgehead atoms. The van der Waals surface area contributed by atoms with E-state index in [1.54, 1.807) is 0 Å². The molecule has 2 nitrogen and oxygen atoms in total. The van der Waals surface area contributed by atoms with Gasteiger partial charge in [-0.1, -0.05) is 19.8 Å². The number of halogens is 1. The van der Waals surface area contributed by atoms with Gasteiger partial charge in [0.25, 0.3) is 0 Å². The topological polar surface area (TPSA) is 24.9 Å². The van der Waals surface area contributed by atoms with E-state index in [4.69, 9.17) is 0 Å². The summed E-state index contributed by atoms with van der Waals surface area (Å²) in [6.45, 7) is 2.21. The van der Waals surface area contributed by atoms with E-state index in [1.807, 2.05) is 19.3 Å². The van der Waals surface area contributed by atoms with E-state index in [2.05, 4.69) is 39.2 Å². The van der Waals surface area contributed by atoms with Crippen molar-refractivity contribution in [3.05, 3.63) is 28.5 Å². The third-order valence-electron chi connectivity index (χ3n) is 2.30. The van der Waals surface area contributed by atoms with Gasteiger partial charge >= 0.3 is 0 Å². The van der Waals surface area contributed by atoms with Crippen molar-refractivity contribution in [2.75, 3.05) is 7.05 Å². The fraction of sp³-hybridized carbons (Fsp3) is 0.545. The average Bonchev–Trinajstić information content (AvgIpc) is 2.21. The van der Waals surface area contributed by atoms with E-state index in [0.29, 0.717) is 6.04 Å². The van der Waals surface area contributed by atoms with Crippen LogP contribution in [0.2, 0.25) is 0 Å². The Morgan fingerprint density at radius 2 is 2.29 bits per heavy atom. The van der Waals surface area contributed by atoms with Crippen molar-refractivity contribution in [3.63, 3.8) is 0 Å². The Morgan fingerprint density at radius 1 is 1.50 bits per heavy atom. The molecule has 1 rings (SSSR count). The van der Waals surface area contributed by atoms with Crippen molar-refractivity contribution in [1.29, 1.82) is 0 Å². The molecule has 14 heavy (non-hydrogen) atoms. The zero-order valence-electron chi connectivity index (χ0n) is 8.76. The largest absolute Gasteiger partial charge is 0.312 e. The van der Waals surface area contributed by atoms with Crippen molar-refractivity contribution >= 4 is 15.9 Å². The van der Waals surface area contributed by atoms with E-state index < -0.39 is 0 Å². The summed E-state index contributed by atoms with van der Waals surface area (Å²) < 4.78 is 1.03. The van der Waals surface area contributed by atoms with Gasteiger partial charge in [-0.05, 0) is 41.5 Å².